The van der Waals surface area contributed by atoms with Crippen LogP contribution in [0.3, 0.4) is 0 Å². The van der Waals surface area contributed by atoms with Gasteiger partial charge in [0.1, 0.15) is 0 Å². The second-order valence-electron chi connectivity index (χ2n) is 6.21. The monoisotopic (exact) mass is 298 g/mol. The molecule has 1 rings (SSSR count). The van der Waals surface area contributed by atoms with Crippen LogP contribution in [0.4, 0.5) is 0 Å². The zero-order chi connectivity index (χ0) is 15.6. The Morgan fingerprint density at radius 3 is 2.29 bits per heavy atom. The van der Waals surface area contributed by atoms with Gasteiger partial charge in [-0.1, -0.05) is 32.1 Å². The van der Waals surface area contributed by atoms with Gasteiger partial charge in [-0.25, -0.2) is 0 Å². The average Bonchev–Trinajstić information content (AvgIpc) is 2.65. The van der Waals surface area contributed by atoms with Crippen molar-refractivity contribution in [2.75, 3.05) is 13.1 Å². The van der Waals surface area contributed by atoms with Crippen LogP contribution < -0.4 is 10.6 Å². The number of rotatable bonds is 8. The molecular weight excluding hydrogens is 268 g/mol. The molecule has 0 bridgehead atoms. The van der Waals surface area contributed by atoms with Crippen LogP contribution in [0.25, 0.3) is 0 Å². The van der Waals surface area contributed by atoms with Gasteiger partial charge in [-0.2, -0.15) is 0 Å². The number of amides is 2. The quantitative estimate of drug-likeness (QED) is 0.473. The molecule has 122 valence electrons. The number of carbonyl (C=O) groups is 2. The normalized spacial score (nSPS) is 17.8. The lowest BCUT2D eigenvalue weighted by molar-refractivity contribution is -0.122. The molecule has 0 aromatic carbocycles. The van der Waals surface area contributed by atoms with E-state index in [0.29, 0.717) is 19.5 Å². The number of hydrogen-bond acceptors (Lipinski definition) is 3. The zero-order valence-corrected chi connectivity index (χ0v) is 13.2. The van der Waals surface area contributed by atoms with Gasteiger partial charge in [-0.05, 0) is 25.7 Å². The summed E-state index contributed by atoms with van der Waals surface area (Å²) >= 11 is 0. The minimum Gasteiger partial charge on any atom is -0.388 e. The predicted octanol–water partition coefficient (Wildman–Crippen LogP) is 1.88. The lowest BCUT2D eigenvalue weighted by Gasteiger charge is -2.26. The highest BCUT2D eigenvalue weighted by atomic mass is 16.3. The lowest BCUT2D eigenvalue weighted by Crippen LogP contribution is -2.42. The smallest absolute Gasteiger partial charge is 0.220 e. The van der Waals surface area contributed by atoms with E-state index in [9.17, 15) is 14.7 Å². The lowest BCUT2D eigenvalue weighted by atomic mass is 9.94. The van der Waals surface area contributed by atoms with E-state index in [2.05, 4.69) is 10.6 Å². The van der Waals surface area contributed by atoms with E-state index in [4.69, 9.17) is 0 Å². The summed E-state index contributed by atoms with van der Waals surface area (Å²) in [5.74, 6) is 0.0107. The first-order valence-corrected chi connectivity index (χ1v) is 8.25. The molecule has 1 aliphatic rings. The van der Waals surface area contributed by atoms with Crippen molar-refractivity contribution in [3.05, 3.63) is 0 Å². The second kappa shape index (κ2) is 9.77. The highest BCUT2D eigenvalue weighted by Gasteiger charge is 2.28. The first-order valence-electron chi connectivity index (χ1n) is 8.25. The molecule has 0 aliphatic heterocycles. The van der Waals surface area contributed by atoms with E-state index in [0.717, 1.165) is 44.9 Å². The van der Waals surface area contributed by atoms with Gasteiger partial charge in [0.2, 0.25) is 11.8 Å². The van der Waals surface area contributed by atoms with Crippen molar-refractivity contribution < 1.29 is 14.7 Å². The van der Waals surface area contributed by atoms with Crippen molar-refractivity contribution in [3.63, 3.8) is 0 Å². The van der Waals surface area contributed by atoms with E-state index in [1.807, 2.05) is 0 Å². The van der Waals surface area contributed by atoms with E-state index < -0.39 is 5.60 Å². The summed E-state index contributed by atoms with van der Waals surface area (Å²) in [5.41, 5.74) is -0.697. The fraction of sp³-hybridized carbons (Fsp3) is 0.875. The van der Waals surface area contributed by atoms with Gasteiger partial charge in [-0.15, -0.1) is 0 Å². The third-order valence-corrected chi connectivity index (χ3v) is 4.10. The maximum Gasteiger partial charge on any atom is 0.220 e. The van der Waals surface area contributed by atoms with Crippen molar-refractivity contribution in [1.29, 1.82) is 0 Å². The van der Waals surface area contributed by atoms with Crippen LogP contribution in [0.5, 0.6) is 0 Å². The third kappa shape index (κ3) is 8.71. The summed E-state index contributed by atoms with van der Waals surface area (Å²) in [5, 5.41) is 16.1. The highest BCUT2D eigenvalue weighted by molar-refractivity contribution is 5.75. The Bertz CT molecular complexity index is 323. The number of unbranched alkanes of at least 4 members (excludes halogenated alkanes) is 2. The number of aliphatic hydroxyl groups is 1. The Morgan fingerprint density at radius 2 is 1.67 bits per heavy atom. The molecule has 0 heterocycles. The predicted molar refractivity (Wildman–Crippen MR) is 82.8 cm³/mol. The van der Waals surface area contributed by atoms with Gasteiger partial charge < -0.3 is 15.7 Å². The third-order valence-electron chi connectivity index (χ3n) is 4.10. The SMILES string of the molecule is CC(=O)NCCCCCC(=O)NCC1(O)CCCCCC1. The molecule has 0 spiro atoms. The fourth-order valence-corrected chi connectivity index (χ4v) is 2.77. The maximum absolute atomic E-state index is 11.8. The van der Waals surface area contributed by atoms with Crippen LogP contribution in [0.1, 0.15) is 71.1 Å². The van der Waals surface area contributed by atoms with E-state index in [1.54, 1.807) is 0 Å². The Morgan fingerprint density at radius 1 is 1.00 bits per heavy atom. The molecule has 1 fully saturated rings. The summed E-state index contributed by atoms with van der Waals surface area (Å²) in [6.07, 6.45) is 9.21. The van der Waals surface area contributed by atoms with E-state index >= 15 is 0 Å². The molecule has 21 heavy (non-hydrogen) atoms. The molecule has 1 saturated carbocycles. The highest BCUT2D eigenvalue weighted by Crippen LogP contribution is 2.26. The van der Waals surface area contributed by atoms with Crippen LogP contribution in [0, 0.1) is 0 Å². The molecule has 5 nitrogen and oxygen atoms in total. The van der Waals surface area contributed by atoms with E-state index in [1.165, 1.54) is 19.8 Å². The molecule has 2 amide bonds. The number of hydrogen-bond donors (Lipinski definition) is 3. The summed E-state index contributed by atoms with van der Waals surface area (Å²) < 4.78 is 0. The van der Waals surface area contributed by atoms with Gasteiger partial charge in [0, 0.05) is 26.4 Å². The van der Waals surface area contributed by atoms with E-state index in [-0.39, 0.29) is 11.8 Å². The second-order valence-corrected chi connectivity index (χ2v) is 6.21. The maximum atomic E-state index is 11.8. The van der Waals surface area contributed by atoms with Gasteiger partial charge in [0.05, 0.1) is 5.60 Å². The van der Waals surface area contributed by atoms with Crippen molar-refractivity contribution in [3.8, 4) is 0 Å². The zero-order valence-electron chi connectivity index (χ0n) is 13.2. The Labute approximate surface area is 127 Å². The molecule has 0 aromatic rings. The van der Waals surface area contributed by atoms with Crippen LogP contribution in [-0.2, 0) is 9.59 Å². The van der Waals surface area contributed by atoms with Crippen molar-refractivity contribution >= 4 is 11.8 Å². The number of carbonyl (C=O) groups excluding carboxylic acids is 2. The fourth-order valence-electron chi connectivity index (χ4n) is 2.77. The molecule has 5 heteroatoms. The molecule has 0 saturated heterocycles. The average molecular weight is 298 g/mol. The molecule has 0 atom stereocenters. The van der Waals surface area contributed by atoms with Gasteiger partial charge >= 0.3 is 0 Å². The minimum atomic E-state index is -0.697. The van der Waals surface area contributed by atoms with Crippen LogP contribution in [0.15, 0.2) is 0 Å². The van der Waals surface area contributed by atoms with Gasteiger partial charge in [0.15, 0.2) is 0 Å². The Kier molecular flexibility index (Phi) is 8.35. The molecular formula is C16H30N2O3. The standard InChI is InChI=1S/C16H30N2O3/c1-14(19)17-12-8-4-5-9-15(20)18-13-16(21)10-6-2-3-7-11-16/h21H,2-13H2,1H3,(H,17,19)(H,18,20). The Hall–Kier alpha value is -1.10. The molecule has 1 aliphatic carbocycles. The first kappa shape index (κ1) is 18.0. The molecule has 3 N–H and O–H groups in total. The minimum absolute atomic E-state index is 0.00983. The largest absolute Gasteiger partial charge is 0.388 e. The number of nitrogens with one attached hydrogen (secondary N) is 2. The van der Waals surface area contributed by atoms with Crippen molar-refractivity contribution in [2.24, 2.45) is 0 Å². The van der Waals surface area contributed by atoms with Crippen LogP contribution >= 0.6 is 0 Å². The van der Waals surface area contributed by atoms with Crippen molar-refractivity contribution in [1.82, 2.24) is 10.6 Å². The summed E-state index contributed by atoms with van der Waals surface area (Å²) in [6, 6.07) is 0. The van der Waals surface area contributed by atoms with Gasteiger partial charge in [-0.3, -0.25) is 9.59 Å². The Balaban J connectivity index is 2.06. The summed E-state index contributed by atoms with van der Waals surface area (Å²) in [4.78, 5) is 22.4. The molecule has 0 unspecified atom stereocenters. The van der Waals surface area contributed by atoms with Crippen LogP contribution in [-0.4, -0.2) is 35.6 Å². The topological polar surface area (TPSA) is 78.4 Å². The van der Waals surface area contributed by atoms with Crippen molar-refractivity contribution in [2.45, 2.75) is 76.7 Å². The summed E-state index contributed by atoms with van der Waals surface area (Å²) in [7, 11) is 0. The molecule has 0 aromatic heterocycles. The van der Waals surface area contributed by atoms with Crippen LogP contribution in [0.2, 0.25) is 0 Å². The molecule has 0 radical (unpaired) electrons. The summed E-state index contributed by atoms with van der Waals surface area (Å²) in [6.45, 7) is 2.57. The van der Waals surface area contributed by atoms with Gasteiger partial charge in [0.25, 0.3) is 0 Å². The first-order chi connectivity index (χ1) is 10.0.